The zero-order valence-electron chi connectivity index (χ0n) is 14.2. The van der Waals surface area contributed by atoms with Crippen LogP contribution < -0.4 is 14.8 Å². The van der Waals surface area contributed by atoms with Crippen LogP contribution in [0.3, 0.4) is 0 Å². The highest BCUT2D eigenvalue weighted by Crippen LogP contribution is 2.33. The first kappa shape index (κ1) is 17.0. The number of rotatable bonds is 5. The Bertz CT molecular complexity index is 891. The molecular formula is C19H18N2O3S. The highest BCUT2D eigenvalue weighted by molar-refractivity contribution is 7.15. The molecule has 0 atom stereocenters. The second-order valence-corrected chi connectivity index (χ2v) is 6.50. The summed E-state index contributed by atoms with van der Waals surface area (Å²) in [6.45, 7) is 1.89. The molecule has 1 heterocycles. The fourth-order valence-corrected chi connectivity index (χ4v) is 3.37. The van der Waals surface area contributed by atoms with Crippen LogP contribution in [-0.4, -0.2) is 25.1 Å². The smallest absolute Gasteiger partial charge is 0.275 e. The molecule has 3 aromatic rings. The molecule has 0 fully saturated rings. The van der Waals surface area contributed by atoms with Crippen LogP contribution >= 0.6 is 11.3 Å². The maximum Gasteiger partial charge on any atom is 0.275 e. The monoisotopic (exact) mass is 354 g/mol. The molecule has 1 N–H and O–H groups in total. The number of amides is 1. The number of carbonyl (C=O) groups excluding carboxylic acids is 1. The highest BCUT2D eigenvalue weighted by Gasteiger charge is 2.19. The fraction of sp³-hybridized carbons (Fsp3) is 0.158. The number of nitrogens with zero attached hydrogens (tertiary/aromatic N) is 1. The van der Waals surface area contributed by atoms with Crippen molar-refractivity contribution in [2.45, 2.75) is 6.92 Å². The van der Waals surface area contributed by atoms with Gasteiger partial charge in [-0.1, -0.05) is 30.3 Å². The second kappa shape index (κ2) is 7.36. The number of hydrogen-bond donors (Lipinski definition) is 1. The van der Waals surface area contributed by atoms with Gasteiger partial charge in [-0.3, -0.25) is 4.79 Å². The molecule has 1 amide bonds. The number of aryl methyl sites for hydroxylation is 1. The molecule has 0 aliphatic rings. The molecule has 3 rings (SSSR count). The second-order valence-electron chi connectivity index (χ2n) is 5.30. The molecule has 0 aliphatic carbocycles. The van der Waals surface area contributed by atoms with Crippen molar-refractivity contribution in [2.75, 3.05) is 19.5 Å². The lowest BCUT2D eigenvalue weighted by atomic mass is 10.1. The van der Waals surface area contributed by atoms with Gasteiger partial charge < -0.3 is 14.8 Å². The first-order valence-electron chi connectivity index (χ1n) is 7.68. The average Bonchev–Trinajstić information content (AvgIpc) is 3.04. The van der Waals surface area contributed by atoms with Crippen LogP contribution in [0.4, 0.5) is 5.69 Å². The number of thiazole rings is 1. The van der Waals surface area contributed by atoms with Crippen molar-refractivity contribution in [3.8, 4) is 21.9 Å². The highest BCUT2D eigenvalue weighted by atomic mass is 32.1. The van der Waals surface area contributed by atoms with Crippen molar-refractivity contribution >= 4 is 22.9 Å². The van der Waals surface area contributed by atoms with E-state index in [9.17, 15) is 4.79 Å². The molecular weight excluding hydrogens is 336 g/mol. The Kier molecular flexibility index (Phi) is 5.00. The van der Waals surface area contributed by atoms with Crippen LogP contribution in [0.5, 0.6) is 11.5 Å². The van der Waals surface area contributed by atoms with E-state index in [1.165, 1.54) is 11.3 Å². The van der Waals surface area contributed by atoms with E-state index in [-0.39, 0.29) is 5.91 Å². The molecule has 1 aromatic heterocycles. The van der Waals surface area contributed by atoms with E-state index in [0.29, 0.717) is 22.9 Å². The lowest BCUT2D eigenvalue weighted by Crippen LogP contribution is -2.14. The molecule has 6 heteroatoms. The Labute approximate surface area is 150 Å². The van der Waals surface area contributed by atoms with E-state index in [1.54, 1.807) is 32.4 Å². The van der Waals surface area contributed by atoms with Crippen molar-refractivity contribution in [2.24, 2.45) is 0 Å². The standard InChI is InChI=1S/C19H18N2O3S/c1-12-20-17(18(25-12)13-7-5-4-6-8-13)19(22)21-15-10-9-14(23-2)11-16(15)24-3/h4-11H,1-3H3,(H,21,22). The Morgan fingerprint density at radius 2 is 1.84 bits per heavy atom. The molecule has 128 valence electrons. The summed E-state index contributed by atoms with van der Waals surface area (Å²) in [5.41, 5.74) is 1.95. The lowest BCUT2D eigenvalue weighted by molar-refractivity contribution is 0.102. The molecule has 0 saturated carbocycles. The van der Waals surface area contributed by atoms with E-state index < -0.39 is 0 Å². The van der Waals surface area contributed by atoms with Crippen molar-refractivity contribution < 1.29 is 14.3 Å². The van der Waals surface area contributed by atoms with Crippen molar-refractivity contribution in [1.82, 2.24) is 4.98 Å². The maximum absolute atomic E-state index is 12.8. The number of hydrogen-bond acceptors (Lipinski definition) is 5. The average molecular weight is 354 g/mol. The SMILES string of the molecule is COc1ccc(NC(=O)c2nc(C)sc2-c2ccccc2)c(OC)c1. The minimum absolute atomic E-state index is 0.272. The third kappa shape index (κ3) is 3.64. The van der Waals surface area contributed by atoms with Gasteiger partial charge in [0.15, 0.2) is 0 Å². The van der Waals surface area contributed by atoms with Crippen molar-refractivity contribution in [3.05, 3.63) is 59.2 Å². The summed E-state index contributed by atoms with van der Waals surface area (Å²) in [4.78, 5) is 18.1. The third-order valence-corrected chi connectivity index (χ3v) is 4.66. The largest absolute Gasteiger partial charge is 0.497 e. The van der Waals surface area contributed by atoms with E-state index >= 15 is 0 Å². The number of benzene rings is 2. The van der Waals surface area contributed by atoms with Crippen molar-refractivity contribution in [3.63, 3.8) is 0 Å². The Hall–Kier alpha value is -2.86. The van der Waals surface area contributed by atoms with E-state index in [1.807, 2.05) is 37.3 Å². The number of ether oxygens (including phenoxy) is 2. The minimum atomic E-state index is -0.272. The van der Waals surface area contributed by atoms with Gasteiger partial charge >= 0.3 is 0 Å². The molecule has 0 spiro atoms. The summed E-state index contributed by atoms with van der Waals surface area (Å²) in [5, 5.41) is 3.72. The first-order valence-corrected chi connectivity index (χ1v) is 8.50. The molecule has 25 heavy (non-hydrogen) atoms. The van der Waals surface area contributed by atoms with Crippen LogP contribution in [0.25, 0.3) is 10.4 Å². The van der Waals surface area contributed by atoms with Crippen LogP contribution in [-0.2, 0) is 0 Å². The number of nitrogens with one attached hydrogen (secondary N) is 1. The van der Waals surface area contributed by atoms with Gasteiger partial charge in [0.25, 0.3) is 5.91 Å². The van der Waals surface area contributed by atoms with Gasteiger partial charge in [-0.25, -0.2) is 4.98 Å². The van der Waals surface area contributed by atoms with Gasteiger partial charge in [0.05, 0.1) is 29.8 Å². The summed E-state index contributed by atoms with van der Waals surface area (Å²) in [6, 6.07) is 15.0. The normalized spacial score (nSPS) is 10.4. The number of methoxy groups -OCH3 is 2. The predicted octanol–water partition coefficient (Wildman–Crippen LogP) is 4.39. The summed E-state index contributed by atoms with van der Waals surface area (Å²) < 4.78 is 10.5. The van der Waals surface area contributed by atoms with E-state index in [4.69, 9.17) is 9.47 Å². The summed E-state index contributed by atoms with van der Waals surface area (Å²) >= 11 is 1.50. The van der Waals surface area contributed by atoms with Crippen LogP contribution in [0, 0.1) is 6.92 Å². The summed E-state index contributed by atoms with van der Waals surface area (Å²) in [7, 11) is 3.13. The number of carbonyl (C=O) groups is 1. The van der Waals surface area contributed by atoms with Gasteiger partial charge in [-0.05, 0) is 24.6 Å². The van der Waals surface area contributed by atoms with Gasteiger partial charge in [0.2, 0.25) is 0 Å². The van der Waals surface area contributed by atoms with Crippen LogP contribution in [0.1, 0.15) is 15.5 Å². The summed E-state index contributed by atoms with van der Waals surface area (Å²) in [6.07, 6.45) is 0. The number of anilines is 1. The molecule has 0 saturated heterocycles. The maximum atomic E-state index is 12.8. The topological polar surface area (TPSA) is 60.5 Å². The van der Waals surface area contributed by atoms with Gasteiger partial charge in [0, 0.05) is 6.07 Å². The quantitative estimate of drug-likeness (QED) is 0.738. The minimum Gasteiger partial charge on any atom is -0.497 e. The van der Waals surface area contributed by atoms with E-state index in [2.05, 4.69) is 10.3 Å². The first-order chi connectivity index (χ1) is 12.1. The molecule has 2 aromatic carbocycles. The predicted molar refractivity (Wildman–Crippen MR) is 99.8 cm³/mol. The molecule has 0 bridgehead atoms. The summed E-state index contributed by atoms with van der Waals surface area (Å²) in [5.74, 6) is 0.914. The molecule has 0 aliphatic heterocycles. The van der Waals surface area contributed by atoms with Crippen LogP contribution in [0.15, 0.2) is 48.5 Å². The third-order valence-electron chi connectivity index (χ3n) is 3.64. The van der Waals surface area contributed by atoms with E-state index in [0.717, 1.165) is 15.4 Å². The van der Waals surface area contributed by atoms with Gasteiger partial charge in [-0.15, -0.1) is 11.3 Å². The molecule has 0 unspecified atom stereocenters. The fourth-order valence-electron chi connectivity index (χ4n) is 2.45. The zero-order valence-corrected chi connectivity index (χ0v) is 15.0. The van der Waals surface area contributed by atoms with Crippen molar-refractivity contribution in [1.29, 1.82) is 0 Å². The number of aromatic nitrogens is 1. The lowest BCUT2D eigenvalue weighted by Gasteiger charge is -2.11. The van der Waals surface area contributed by atoms with Crippen LogP contribution in [0.2, 0.25) is 0 Å². The molecule has 5 nitrogen and oxygen atoms in total. The Balaban J connectivity index is 1.93. The Morgan fingerprint density at radius 3 is 2.52 bits per heavy atom. The van der Waals surface area contributed by atoms with Gasteiger partial charge in [0.1, 0.15) is 17.2 Å². The van der Waals surface area contributed by atoms with Gasteiger partial charge in [-0.2, -0.15) is 0 Å². The molecule has 0 radical (unpaired) electrons. The Morgan fingerprint density at radius 1 is 1.08 bits per heavy atom. The zero-order chi connectivity index (χ0) is 17.8.